The molecule has 114 valence electrons. The van der Waals surface area contributed by atoms with Gasteiger partial charge in [0.15, 0.2) is 0 Å². The molecule has 0 aromatic carbocycles. The zero-order chi connectivity index (χ0) is 15.4. The molecule has 1 atom stereocenters. The molecule has 0 spiro atoms. The number of nitrogens with one attached hydrogen (secondary N) is 2. The first-order valence-electron chi connectivity index (χ1n) is 6.72. The van der Waals surface area contributed by atoms with Gasteiger partial charge in [0.25, 0.3) is 5.56 Å². The van der Waals surface area contributed by atoms with Gasteiger partial charge in [-0.2, -0.15) is 0 Å². The highest BCUT2D eigenvalue weighted by Crippen LogP contribution is 2.14. The second kappa shape index (κ2) is 6.60. The molecule has 0 fully saturated rings. The van der Waals surface area contributed by atoms with E-state index in [-0.39, 0.29) is 17.5 Å². The molecule has 0 radical (unpaired) electrons. The number of anilines is 2. The standard InChI is InChI=1S/C13H25N5O2/c1-8(2)6-9(7-17(3)4)15-10-11(14)18(5)13(20)16-12(10)19/h8-9,15H,6-7,14H2,1-5H3,(H,16,19,20). The van der Waals surface area contributed by atoms with Crippen LogP contribution in [0.3, 0.4) is 0 Å². The van der Waals surface area contributed by atoms with Crippen LogP contribution in [-0.2, 0) is 7.05 Å². The summed E-state index contributed by atoms with van der Waals surface area (Å²) in [6.07, 6.45) is 0.903. The van der Waals surface area contributed by atoms with Crippen LogP contribution in [0.15, 0.2) is 9.59 Å². The first-order valence-corrected chi connectivity index (χ1v) is 6.72. The topological polar surface area (TPSA) is 96.2 Å². The van der Waals surface area contributed by atoms with E-state index in [1.54, 1.807) is 0 Å². The Morgan fingerprint density at radius 3 is 2.45 bits per heavy atom. The van der Waals surface area contributed by atoms with Crippen LogP contribution in [0.2, 0.25) is 0 Å². The van der Waals surface area contributed by atoms with E-state index in [4.69, 9.17) is 5.73 Å². The van der Waals surface area contributed by atoms with Gasteiger partial charge in [0.2, 0.25) is 0 Å². The molecule has 1 heterocycles. The van der Waals surface area contributed by atoms with E-state index < -0.39 is 11.2 Å². The number of nitrogens with zero attached hydrogens (tertiary/aromatic N) is 2. The van der Waals surface area contributed by atoms with Gasteiger partial charge in [-0.05, 0) is 26.4 Å². The molecule has 1 rings (SSSR count). The van der Waals surface area contributed by atoms with Crippen LogP contribution in [-0.4, -0.2) is 41.1 Å². The molecule has 0 aliphatic carbocycles. The fourth-order valence-corrected chi connectivity index (χ4v) is 2.17. The minimum atomic E-state index is -0.508. The molecule has 1 aromatic heterocycles. The van der Waals surface area contributed by atoms with Gasteiger partial charge in [-0.15, -0.1) is 0 Å². The van der Waals surface area contributed by atoms with Gasteiger partial charge in [0.05, 0.1) is 0 Å². The first kappa shape index (κ1) is 16.3. The maximum Gasteiger partial charge on any atom is 0.329 e. The molecular formula is C13H25N5O2. The molecule has 0 amide bonds. The van der Waals surface area contributed by atoms with E-state index in [2.05, 4.69) is 24.1 Å². The molecule has 1 unspecified atom stereocenters. The van der Waals surface area contributed by atoms with Gasteiger partial charge in [-0.25, -0.2) is 4.79 Å². The van der Waals surface area contributed by atoms with Gasteiger partial charge in [0.1, 0.15) is 11.5 Å². The summed E-state index contributed by atoms with van der Waals surface area (Å²) >= 11 is 0. The van der Waals surface area contributed by atoms with E-state index in [1.165, 1.54) is 11.6 Å². The van der Waals surface area contributed by atoms with Crippen LogP contribution < -0.4 is 22.3 Å². The molecule has 0 bridgehead atoms. The summed E-state index contributed by atoms with van der Waals surface area (Å²) in [6, 6.07) is 0.0888. The first-order chi connectivity index (χ1) is 9.22. The number of aromatic nitrogens is 2. The SMILES string of the molecule is CC(C)CC(CN(C)C)Nc1c(N)n(C)c(=O)[nH]c1=O. The number of hydrogen-bond acceptors (Lipinski definition) is 5. The lowest BCUT2D eigenvalue weighted by molar-refractivity contribution is 0.356. The maximum atomic E-state index is 11.9. The third-order valence-corrected chi connectivity index (χ3v) is 3.06. The predicted molar refractivity (Wildman–Crippen MR) is 82.1 cm³/mol. The molecule has 0 aliphatic heterocycles. The van der Waals surface area contributed by atoms with Crippen molar-refractivity contribution in [3.63, 3.8) is 0 Å². The summed E-state index contributed by atoms with van der Waals surface area (Å²) in [4.78, 5) is 27.6. The minimum absolute atomic E-state index is 0.0888. The maximum absolute atomic E-state index is 11.9. The lowest BCUT2D eigenvalue weighted by Crippen LogP contribution is -2.38. The van der Waals surface area contributed by atoms with Gasteiger partial charge in [-0.1, -0.05) is 13.8 Å². The largest absolute Gasteiger partial charge is 0.383 e. The Labute approximate surface area is 118 Å². The Hall–Kier alpha value is -1.76. The second-order valence-electron chi connectivity index (χ2n) is 5.81. The summed E-state index contributed by atoms with van der Waals surface area (Å²) in [5, 5.41) is 3.18. The number of rotatable bonds is 6. The zero-order valence-corrected chi connectivity index (χ0v) is 12.9. The summed E-state index contributed by atoms with van der Waals surface area (Å²) in [5.74, 6) is 0.645. The lowest BCUT2D eigenvalue weighted by Gasteiger charge is -2.25. The quantitative estimate of drug-likeness (QED) is 0.685. The molecule has 1 aromatic rings. The van der Waals surface area contributed by atoms with Crippen LogP contribution in [0.4, 0.5) is 11.5 Å². The van der Waals surface area contributed by atoms with Crippen molar-refractivity contribution in [3.05, 3.63) is 20.8 Å². The van der Waals surface area contributed by atoms with Crippen molar-refractivity contribution < 1.29 is 0 Å². The van der Waals surface area contributed by atoms with E-state index in [0.29, 0.717) is 5.92 Å². The fourth-order valence-electron chi connectivity index (χ4n) is 2.17. The number of hydrogen-bond donors (Lipinski definition) is 3. The van der Waals surface area contributed by atoms with E-state index in [0.717, 1.165) is 13.0 Å². The molecule has 7 heteroatoms. The Morgan fingerprint density at radius 1 is 1.35 bits per heavy atom. The van der Waals surface area contributed by atoms with Crippen molar-refractivity contribution in [2.24, 2.45) is 13.0 Å². The third kappa shape index (κ3) is 4.12. The van der Waals surface area contributed by atoms with Crippen molar-refractivity contribution >= 4 is 11.5 Å². The average molecular weight is 283 g/mol. The van der Waals surface area contributed by atoms with Crippen LogP contribution >= 0.6 is 0 Å². The highest BCUT2D eigenvalue weighted by molar-refractivity contribution is 5.60. The summed E-state index contributed by atoms with van der Waals surface area (Å²) in [6.45, 7) is 5.03. The number of H-pyrrole nitrogens is 1. The molecule has 0 saturated heterocycles. The van der Waals surface area contributed by atoms with E-state index in [1.807, 2.05) is 19.0 Å². The van der Waals surface area contributed by atoms with Crippen LogP contribution in [0.25, 0.3) is 0 Å². The Morgan fingerprint density at radius 2 is 1.95 bits per heavy atom. The van der Waals surface area contributed by atoms with Crippen LogP contribution in [0.1, 0.15) is 20.3 Å². The van der Waals surface area contributed by atoms with Crippen molar-refractivity contribution in [1.29, 1.82) is 0 Å². The Bertz CT molecular complexity index is 549. The molecular weight excluding hydrogens is 258 g/mol. The molecule has 4 N–H and O–H groups in total. The van der Waals surface area contributed by atoms with E-state index in [9.17, 15) is 9.59 Å². The predicted octanol–water partition coefficient (Wildman–Crippen LogP) is 0.0440. The third-order valence-electron chi connectivity index (χ3n) is 3.06. The zero-order valence-electron chi connectivity index (χ0n) is 12.9. The fraction of sp³-hybridized carbons (Fsp3) is 0.692. The van der Waals surface area contributed by atoms with Crippen molar-refractivity contribution in [1.82, 2.24) is 14.5 Å². The highest BCUT2D eigenvalue weighted by atomic mass is 16.2. The van der Waals surface area contributed by atoms with Crippen molar-refractivity contribution in [3.8, 4) is 0 Å². The molecule has 7 nitrogen and oxygen atoms in total. The molecule has 20 heavy (non-hydrogen) atoms. The normalized spacial score (nSPS) is 12.9. The number of nitrogens with two attached hydrogens (primary N) is 1. The van der Waals surface area contributed by atoms with Crippen LogP contribution in [0.5, 0.6) is 0 Å². The lowest BCUT2D eigenvalue weighted by atomic mass is 10.0. The monoisotopic (exact) mass is 283 g/mol. The van der Waals surface area contributed by atoms with Gasteiger partial charge < -0.3 is 16.0 Å². The van der Waals surface area contributed by atoms with Crippen LogP contribution in [0, 0.1) is 5.92 Å². The number of nitrogen functional groups attached to an aromatic ring is 1. The highest BCUT2D eigenvalue weighted by Gasteiger charge is 2.17. The summed E-state index contributed by atoms with van der Waals surface area (Å²) in [7, 11) is 5.48. The number of aromatic amines is 1. The van der Waals surface area contributed by atoms with Crippen molar-refractivity contribution in [2.45, 2.75) is 26.3 Å². The minimum Gasteiger partial charge on any atom is -0.383 e. The molecule has 0 aliphatic rings. The smallest absolute Gasteiger partial charge is 0.329 e. The van der Waals surface area contributed by atoms with Gasteiger partial charge in [0, 0.05) is 19.6 Å². The van der Waals surface area contributed by atoms with Crippen molar-refractivity contribution in [2.75, 3.05) is 31.7 Å². The Balaban J connectivity index is 3.08. The van der Waals surface area contributed by atoms with E-state index >= 15 is 0 Å². The summed E-state index contributed by atoms with van der Waals surface area (Å²) in [5.41, 5.74) is 5.14. The number of likely N-dealkylation sites (N-methyl/N-ethyl adjacent to an activating group) is 1. The second-order valence-corrected chi connectivity index (χ2v) is 5.81. The summed E-state index contributed by atoms with van der Waals surface area (Å²) < 4.78 is 1.23. The Kier molecular flexibility index (Phi) is 5.38. The van der Waals surface area contributed by atoms with Gasteiger partial charge in [-0.3, -0.25) is 14.3 Å². The molecule has 0 saturated carbocycles. The average Bonchev–Trinajstić information content (AvgIpc) is 2.30. The van der Waals surface area contributed by atoms with Gasteiger partial charge >= 0.3 is 5.69 Å².